The van der Waals surface area contributed by atoms with E-state index in [0.29, 0.717) is 13.2 Å². The van der Waals surface area contributed by atoms with Gasteiger partial charge in [-0.05, 0) is 34.9 Å². The number of likely N-dealkylation sites (N-methyl/N-ethyl adjacent to an activating group) is 1. The van der Waals surface area contributed by atoms with Crippen LogP contribution in [0.3, 0.4) is 0 Å². The lowest BCUT2D eigenvalue weighted by atomic mass is 10.0. The van der Waals surface area contributed by atoms with E-state index in [1.807, 2.05) is 73.7 Å². The molecule has 2 amide bonds. The van der Waals surface area contributed by atoms with Gasteiger partial charge in [0.05, 0.1) is 19.5 Å². The fourth-order valence-electron chi connectivity index (χ4n) is 3.13. The molecule has 3 rings (SSSR count). The van der Waals surface area contributed by atoms with Crippen LogP contribution in [0, 0.1) is 6.92 Å². The lowest BCUT2D eigenvalue weighted by Gasteiger charge is -2.18. The second-order valence-electron chi connectivity index (χ2n) is 7.02. The zero-order valence-corrected chi connectivity index (χ0v) is 16.9. The topological polar surface area (TPSA) is 58.6 Å². The van der Waals surface area contributed by atoms with Crippen LogP contribution in [0.25, 0.3) is 10.8 Å². The van der Waals surface area contributed by atoms with Gasteiger partial charge in [-0.15, -0.1) is 0 Å². The number of ether oxygens (including phenoxy) is 1. The molecule has 29 heavy (non-hydrogen) atoms. The maximum Gasteiger partial charge on any atom is 0.241 e. The summed E-state index contributed by atoms with van der Waals surface area (Å²) in [5.74, 6) is 0.501. The van der Waals surface area contributed by atoms with Crippen molar-refractivity contribution in [2.24, 2.45) is 0 Å². The van der Waals surface area contributed by atoms with E-state index in [2.05, 4.69) is 5.32 Å². The molecule has 0 atom stereocenters. The number of aryl methyl sites for hydroxylation is 1. The Morgan fingerprint density at radius 1 is 0.966 bits per heavy atom. The van der Waals surface area contributed by atoms with Crippen LogP contribution in [0.5, 0.6) is 5.75 Å². The molecule has 150 valence electrons. The number of hydrogen-bond donors (Lipinski definition) is 1. The fraction of sp³-hybridized carbons (Fsp3) is 0.250. The quantitative estimate of drug-likeness (QED) is 0.642. The molecule has 0 fully saturated rings. The van der Waals surface area contributed by atoms with E-state index >= 15 is 0 Å². The van der Waals surface area contributed by atoms with Crippen molar-refractivity contribution in [2.75, 3.05) is 26.7 Å². The molecule has 0 aliphatic rings. The van der Waals surface area contributed by atoms with Crippen LogP contribution in [-0.2, 0) is 16.0 Å². The SMILES string of the molecule is Cc1ccccc1OCCN(C)C(=O)CNC(=O)Cc1cccc2ccccc12. The number of nitrogens with one attached hydrogen (secondary N) is 1. The molecule has 3 aromatic rings. The molecule has 1 N–H and O–H groups in total. The average Bonchev–Trinajstić information content (AvgIpc) is 2.73. The van der Waals surface area contributed by atoms with Crippen molar-refractivity contribution >= 4 is 22.6 Å². The van der Waals surface area contributed by atoms with E-state index in [4.69, 9.17) is 4.74 Å². The monoisotopic (exact) mass is 390 g/mol. The maximum absolute atomic E-state index is 12.3. The number of rotatable bonds is 8. The molecule has 0 heterocycles. The number of hydrogen-bond acceptors (Lipinski definition) is 3. The Morgan fingerprint density at radius 2 is 1.69 bits per heavy atom. The number of carbonyl (C=O) groups excluding carboxylic acids is 2. The van der Waals surface area contributed by atoms with Crippen molar-refractivity contribution in [3.05, 3.63) is 77.9 Å². The predicted molar refractivity (Wildman–Crippen MR) is 115 cm³/mol. The Kier molecular flexibility index (Phi) is 6.85. The third kappa shape index (κ3) is 5.57. The van der Waals surface area contributed by atoms with Gasteiger partial charge in [-0.1, -0.05) is 60.7 Å². The summed E-state index contributed by atoms with van der Waals surface area (Å²) in [5.41, 5.74) is 2.01. The minimum atomic E-state index is -0.167. The van der Waals surface area contributed by atoms with Gasteiger partial charge in [-0.3, -0.25) is 9.59 Å². The molecule has 0 radical (unpaired) electrons. The first-order chi connectivity index (χ1) is 14.0. The van der Waals surface area contributed by atoms with Crippen LogP contribution in [0.1, 0.15) is 11.1 Å². The smallest absolute Gasteiger partial charge is 0.241 e. The highest BCUT2D eigenvalue weighted by atomic mass is 16.5. The lowest BCUT2D eigenvalue weighted by Crippen LogP contribution is -2.40. The van der Waals surface area contributed by atoms with Gasteiger partial charge in [-0.2, -0.15) is 0 Å². The van der Waals surface area contributed by atoms with Crippen molar-refractivity contribution in [1.82, 2.24) is 10.2 Å². The molecule has 0 aromatic heterocycles. The zero-order valence-electron chi connectivity index (χ0n) is 16.9. The summed E-state index contributed by atoms with van der Waals surface area (Å²) in [6.07, 6.45) is 0.245. The van der Waals surface area contributed by atoms with Gasteiger partial charge >= 0.3 is 0 Å². The van der Waals surface area contributed by atoms with Crippen LogP contribution in [-0.4, -0.2) is 43.5 Å². The van der Waals surface area contributed by atoms with E-state index in [1.54, 1.807) is 11.9 Å². The molecule has 0 saturated heterocycles. The summed E-state index contributed by atoms with van der Waals surface area (Å²) in [5, 5.41) is 4.88. The molecular weight excluding hydrogens is 364 g/mol. The second-order valence-corrected chi connectivity index (χ2v) is 7.02. The molecule has 0 unspecified atom stereocenters. The molecule has 0 spiro atoms. The van der Waals surface area contributed by atoms with Crippen LogP contribution in [0.2, 0.25) is 0 Å². The first kappa shape index (κ1) is 20.4. The van der Waals surface area contributed by atoms with Crippen molar-refractivity contribution in [2.45, 2.75) is 13.3 Å². The van der Waals surface area contributed by atoms with E-state index in [0.717, 1.165) is 27.6 Å². The zero-order chi connectivity index (χ0) is 20.6. The van der Waals surface area contributed by atoms with Gasteiger partial charge in [-0.25, -0.2) is 0 Å². The van der Waals surface area contributed by atoms with Crippen molar-refractivity contribution in [3.63, 3.8) is 0 Å². The Hall–Kier alpha value is -3.34. The summed E-state index contributed by atoms with van der Waals surface area (Å²) in [6, 6.07) is 21.6. The number of nitrogens with zero attached hydrogens (tertiary/aromatic N) is 1. The van der Waals surface area contributed by atoms with Crippen LogP contribution >= 0.6 is 0 Å². The van der Waals surface area contributed by atoms with E-state index < -0.39 is 0 Å². The number of para-hydroxylation sites is 1. The first-order valence-electron chi connectivity index (χ1n) is 9.70. The van der Waals surface area contributed by atoms with Gasteiger partial charge in [0.2, 0.25) is 11.8 Å². The second kappa shape index (κ2) is 9.73. The predicted octanol–water partition coefficient (Wildman–Crippen LogP) is 3.34. The molecule has 0 aliphatic heterocycles. The highest BCUT2D eigenvalue weighted by molar-refractivity contribution is 5.91. The van der Waals surface area contributed by atoms with Gasteiger partial charge in [0.1, 0.15) is 12.4 Å². The molecule has 0 saturated carbocycles. The van der Waals surface area contributed by atoms with Crippen molar-refractivity contribution < 1.29 is 14.3 Å². The largest absolute Gasteiger partial charge is 0.491 e. The number of carbonyl (C=O) groups is 2. The minimum Gasteiger partial charge on any atom is -0.491 e. The molecule has 5 heteroatoms. The molecule has 5 nitrogen and oxygen atoms in total. The third-order valence-corrected chi connectivity index (χ3v) is 4.87. The standard InChI is InChI=1S/C24H26N2O3/c1-18-8-3-6-13-22(18)29-15-14-26(2)24(28)17-25-23(27)16-20-11-7-10-19-9-4-5-12-21(19)20/h3-13H,14-17H2,1-2H3,(H,25,27). The van der Waals surface area contributed by atoms with E-state index in [9.17, 15) is 9.59 Å². The van der Waals surface area contributed by atoms with Crippen LogP contribution < -0.4 is 10.1 Å². The minimum absolute atomic E-state index is 0.0233. The van der Waals surface area contributed by atoms with E-state index in [-0.39, 0.29) is 24.8 Å². The third-order valence-electron chi connectivity index (χ3n) is 4.87. The van der Waals surface area contributed by atoms with Gasteiger partial charge in [0.15, 0.2) is 0 Å². The number of fused-ring (bicyclic) bond motifs is 1. The highest BCUT2D eigenvalue weighted by Crippen LogP contribution is 2.19. The Morgan fingerprint density at radius 3 is 2.52 bits per heavy atom. The normalized spacial score (nSPS) is 10.6. The first-order valence-corrected chi connectivity index (χ1v) is 9.70. The van der Waals surface area contributed by atoms with Gasteiger partial charge in [0, 0.05) is 7.05 Å². The Bertz CT molecular complexity index is 995. The van der Waals surface area contributed by atoms with Gasteiger partial charge in [0.25, 0.3) is 0 Å². The lowest BCUT2D eigenvalue weighted by molar-refractivity contribution is -0.131. The highest BCUT2D eigenvalue weighted by Gasteiger charge is 2.12. The van der Waals surface area contributed by atoms with Crippen molar-refractivity contribution in [1.29, 1.82) is 0 Å². The van der Waals surface area contributed by atoms with Crippen LogP contribution in [0.15, 0.2) is 66.7 Å². The molecule has 3 aromatic carbocycles. The summed E-state index contributed by atoms with van der Waals surface area (Å²) >= 11 is 0. The average molecular weight is 390 g/mol. The van der Waals surface area contributed by atoms with Crippen molar-refractivity contribution in [3.8, 4) is 5.75 Å². The maximum atomic E-state index is 12.3. The number of benzene rings is 3. The number of amides is 2. The van der Waals surface area contributed by atoms with Gasteiger partial charge < -0.3 is 15.0 Å². The summed E-state index contributed by atoms with van der Waals surface area (Å²) in [4.78, 5) is 26.2. The summed E-state index contributed by atoms with van der Waals surface area (Å²) in [6.45, 7) is 2.81. The molecular formula is C24H26N2O3. The fourth-order valence-corrected chi connectivity index (χ4v) is 3.13. The van der Waals surface area contributed by atoms with Crippen LogP contribution in [0.4, 0.5) is 0 Å². The molecule has 0 bridgehead atoms. The summed E-state index contributed by atoms with van der Waals surface area (Å²) in [7, 11) is 1.71. The Labute approximate surface area is 171 Å². The summed E-state index contributed by atoms with van der Waals surface area (Å²) < 4.78 is 5.72. The Balaban J connectivity index is 1.44. The van der Waals surface area contributed by atoms with E-state index in [1.165, 1.54) is 0 Å². The molecule has 0 aliphatic carbocycles.